The Morgan fingerprint density at radius 2 is 2.22 bits per heavy atom. The molecular formula is C13H19N3O2. The Morgan fingerprint density at radius 3 is 2.89 bits per heavy atom. The Bertz CT molecular complexity index is 383. The van der Waals surface area contributed by atoms with Gasteiger partial charge in [0.05, 0.1) is 0 Å². The van der Waals surface area contributed by atoms with Crippen molar-refractivity contribution >= 4 is 5.91 Å². The minimum atomic E-state index is -0.0852. The second-order valence-corrected chi connectivity index (χ2v) is 4.48. The average Bonchev–Trinajstić information content (AvgIpc) is 2.81. The van der Waals surface area contributed by atoms with Crippen molar-refractivity contribution in [3.05, 3.63) is 30.3 Å². The summed E-state index contributed by atoms with van der Waals surface area (Å²) in [5.41, 5.74) is 6.19. The van der Waals surface area contributed by atoms with E-state index in [0.29, 0.717) is 24.3 Å². The number of nitrogens with one attached hydrogen (secondary N) is 3. The third kappa shape index (κ3) is 3.72. The van der Waals surface area contributed by atoms with Gasteiger partial charge in [-0.2, -0.15) is 0 Å². The van der Waals surface area contributed by atoms with E-state index in [0.717, 1.165) is 6.54 Å². The van der Waals surface area contributed by atoms with Crippen LogP contribution in [0.2, 0.25) is 0 Å². The van der Waals surface area contributed by atoms with E-state index >= 15 is 0 Å². The van der Waals surface area contributed by atoms with Gasteiger partial charge in [0.1, 0.15) is 5.75 Å². The summed E-state index contributed by atoms with van der Waals surface area (Å²) in [6.45, 7) is 3.70. The zero-order chi connectivity index (χ0) is 12.8. The maximum absolute atomic E-state index is 11.6. The van der Waals surface area contributed by atoms with Crippen molar-refractivity contribution in [2.75, 3.05) is 19.7 Å². The Morgan fingerprint density at radius 1 is 1.44 bits per heavy atom. The first-order valence-electron chi connectivity index (χ1n) is 6.18. The maximum Gasteiger partial charge on any atom is 0.257 e. The lowest BCUT2D eigenvalue weighted by molar-refractivity contribution is -0.123. The molecule has 1 heterocycles. The molecule has 1 fully saturated rings. The highest BCUT2D eigenvalue weighted by Gasteiger charge is 2.22. The first kappa shape index (κ1) is 12.9. The van der Waals surface area contributed by atoms with Gasteiger partial charge in [0.2, 0.25) is 0 Å². The first-order chi connectivity index (χ1) is 8.75. The van der Waals surface area contributed by atoms with Crippen LogP contribution < -0.4 is 20.9 Å². The van der Waals surface area contributed by atoms with Crippen LogP contribution in [0.15, 0.2) is 30.3 Å². The molecule has 98 valence electrons. The van der Waals surface area contributed by atoms with E-state index in [-0.39, 0.29) is 12.5 Å². The molecule has 1 saturated heterocycles. The molecule has 2 atom stereocenters. The fourth-order valence-corrected chi connectivity index (χ4v) is 1.86. The number of hydrogen-bond donors (Lipinski definition) is 3. The first-order valence-corrected chi connectivity index (χ1v) is 6.18. The van der Waals surface area contributed by atoms with Gasteiger partial charge in [0.25, 0.3) is 5.91 Å². The molecule has 18 heavy (non-hydrogen) atoms. The van der Waals surface area contributed by atoms with Crippen LogP contribution in [0.25, 0.3) is 0 Å². The molecule has 3 N–H and O–H groups in total. The van der Waals surface area contributed by atoms with Crippen molar-refractivity contribution in [1.82, 2.24) is 16.2 Å². The molecule has 2 unspecified atom stereocenters. The molecule has 2 rings (SSSR count). The van der Waals surface area contributed by atoms with E-state index in [1.165, 1.54) is 0 Å². The topological polar surface area (TPSA) is 62.4 Å². The van der Waals surface area contributed by atoms with E-state index in [9.17, 15) is 4.79 Å². The van der Waals surface area contributed by atoms with Crippen LogP contribution in [0.3, 0.4) is 0 Å². The molecule has 1 aromatic carbocycles. The molecular weight excluding hydrogens is 230 g/mol. The number of para-hydroxylation sites is 1. The van der Waals surface area contributed by atoms with Gasteiger partial charge in [-0.05, 0) is 19.1 Å². The van der Waals surface area contributed by atoms with Crippen LogP contribution in [0.1, 0.15) is 6.92 Å². The summed E-state index contributed by atoms with van der Waals surface area (Å²) < 4.78 is 5.37. The Labute approximate surface area is 107 Å². The largest absolute Gasteiger partial charge is 0.484 e. The van der Waals surface area contributed by atoms with Crippen LogP contribution in [0.4, 0.5) is 0 Å². The second kappa shape index (κ2) is 6.37. The van der Waals surface area contributed by atoms with Crippen LogP contribution in [0.5, 0.6) is 5.75 Å². The maximum atomic E-state index is 11.6. The molecule has 0 bridgehead atoms. The van der Waals surface area contributed by atoms with Crippen molar-refractivity contribution in [3.8, 4) is 5.75 Å². The van der Waals surface area contributed by atoms with E-state index in [2.05, 4.69) is 23.1 Å². The van der Waals surface area contributed by atoms with Gasteiger partial charge < -0.3 is 10.1 Å². The molecule has 1 amide bonds. The third-order valence-corrected chi connectivity index (χ3v) is 3.08. The highest BCUT2D eigenvalue weighted by atomic mass is 16.5. The summed E-state index contributed by atoms with van der Waals surface area (Å²) in [5.74, 6) is 1.05. The van der Waals surface area contributed by atoms with Crippen molar-refractivity contribution in [2.24, 2.45) is 5.92 Å². The lowest BCUT2D eigenvalue weighted by atomic mass is 10.0. The van der Waals surface area contributed by atoms with Gasteiger partial charge in [-0.1, -0.05) is 18.2 Å². The Balaban J connectivity index is 1.66. The standard InChI is InChI=1S/C13H19N3O2/c1-10-11(8-15-16-10)7-14-13(17)9-18-12-5-3-2-4-6-12/h2-6,10-11,15-16H,7-9H2,1H3,(H,14,17). The second-order valence-electron chi connectivity index (χ2n) is 4.48. The summed E-state index contributed by atoms with van der Waals surface area (Å²) in [4.78, 5) is 11.6. The zero-order valence-corrected chi connectivity index (χ0v) is 10.5. The van der Waals surface area contributed by atoms with Crippen molar-refractivity contribution in [2.45, 2.75) is 13.0 Å². The Hall–Kier alpha value is -1.59. The predicted octanol–water partition coefficient (Wildman–Crippen LogP) is 0.294. The fraction of sp³-hybridized carbons (Fsp3) is 0.462. The number of ether oxygens (including phenoxy) is 1. The smallest absolute Gasteiger partial charge is 0.257 e. The van der Waals surface area contributed by atoms with Gasteiger partial charge >= 0.3 is 0 Å². The van der Waals surface area contributed by atoms with Gasteiger partial charge in [-0.25, -0.2) is 0 Å². The Kier molecular flexibility index (Phi) is 4.55. The fourth-order valence-electron chi connectivity index (χ4n) is 1.86. The average molecular weight is 249 g/mol. The predicted molar refractivity (Wildman–Crippen MR) is 69.0 cm³/mol. The molecule has 0 radical (unpaired) electrons. The molecule has 0 spiro atoms. The number of carbonyl (C=O) groups is 1. The zero-order valence-electron chi connectivity index (χ0n) is 10.5. The van der Waals surface area contributed by atoms with E-state index in [1.807, 2.05) is 30.3 Å². The van der Waals surface area contributed by atoms with Crippen LogP contribution >= 0.6 is 0 Å². The molecule has 0 saturated carbocycles. The van der Waals surface area contributed by atoms with E-state index < -0.39 is 0 Å². The number of benzene rings is 1. The quantitative estimate of drug-likeness (QED) is 0.702. The van der Waals surface area contributed by atoms with Crippen molar-refractivity contribution in [3.63, 3.8) is 0 Å². The number of hydrogen-bond acceptors (Lipinski definition) is 4. The van der Waals surface area contributed by atoms with Gasteiger partial charge in [0, 0.05) is 25.0 Å². The molecule has 1 aromatic rings. The molecule has 5 heteroatoms. The molecule has 5 nitrogen and oxygen atoms in total. The van der Waals surface area contributed by atoms with Crippen LogP contribution in [0, 0.1) is 5.92 Å². The van der Waals surface area contributed by atoms with Crippen molar-refractivity contribution < 1.29 is 9.53 Å². The summed E-state index contributed by atoms with van der Waals surface area (Å²) in [5, 5.41) is 2.88. The SMILES string of the molecule is CC1NNCC1CNC(=O)COc1ccccc1. The number of carbonyl (C=O) groups excluding carboxylic acids is 1. The minimum Gasteiger partial charge on any atom is -0.484 e. The summed E-state index contributed by atoms with van der Waals surface area (Å²) >= 11 is 0. The minimum absolute atomic E-state index is 0.0615. The van der Waals surface area contributed by atoms with Gasteiger partial charge in [-0.3, -0.25) is 15.6 Å². The van der Waals surface area contributed by atoms with E-state index in [4.69, 9.17) is 4.74 Å². The third-order valence-electron chi connectivity index (χ3n) is 3.08. The summed E-state index contributed by atoms with van der Waals surface area (Å²) in [6, 6.07) is 9.71. The summed E-state index contributed by atoms with van der Waals surface area (Å²) in [7, 11) is 0. The van der Waals surface area contributed by atoms with E-state index in [1.54, 1.807) is 0 Å². The molecule has 0 aromatic heterocycles. The van der Waals surface area contributed by atoms with Gasteiger partial charge in [0.15, 0.2) is 6.61 Å². The monoisotopic (exact) mass is 249 g/mol. The van der Waals surface area contributed by atoms with Gasteiger partial charge in [-0.15, -0.1) is 0 Å². The highest BCUT2D eigenvalue weighted by Crippen LogP contribution is 2.08. The lowest BCUT2D eigenvalue weighted by Gasteiger charge is -2.14. The number of rotatable bonds is 5. The lowest BCUT2D eigenvalue weighted by Crippen LogP contribution is -2.37. The molecule has 1 aliphatic rings. The van der Waals surface area contributed by atoms with Crippen molar-refractivity contribution in [1.29, 1.82) is 0 Å². The van der Waals surface area contributed by atoms with Crippen LogP contribution in [-0.2, 0) is 4.79 Å². The number of amides is 1. The normalized spacial score (nSPS) is 22.7. The number of hydrazine groups is 1. The molecule has 1 aliphatic heterocycles. The van der Waals surface area contributed by atoms with Crippen LogP contribution in [-0.4, -0.2) is 31.6 Å². The summed E-state index contributed by atoms with van der Waals surface area (Å²) in [6.07, 6.45) is 0. The highest BCUT2D eigenvalue weighted by molar-refractivity contribution is 5.77. The molecule has 0 aliphatic carbocycles.